The molecular weight excluding hydrogens is 606 g/mol. The summed E-state index contributed by atoms with van der Waals surface area (Å²) in [5.41, 5.74) is 3.25. The molecule has 4 rings (SSSR count). The van der Waals surface area contributed by atoms with Gasteiger partial charge in [0.05, 0.1) is 12.6 Å². The van der Waals surface area contributed by atoms with E-state index in [0.717, 1.165) is 38.2 Å². The number of carbonyl (C=O) groups excluding carboxylic acids is 1. The van der Waals surface area contributed by atoms with Crippen LogP contribution in [0.4, 0.5) is 26.3 Å². The van der Waals surface area contributed by atoms with Crippen LogP contribution in [0, 0.1) is 0 Å². The van der Waals surface area contributed by atoms with Crippen molar-refractivity contribution in [2.24, 2.45) is 0 Å². The van der Waals surface area contributed by atoms with Gasteiger partial charge in [-0.1, -0.05) is 13.0 Å². The van der Waals surface area contributed by atoms with Gasteiger partial charge in [-0.05, 0) is 50.0 Å². The lowest BCUT2D eigenvalue weighted by molar-refractivity contribution is -0.193. The molecule has 1 unspecified atom stereocenters. The van der Waals surface area contributed by atoms with Crippen molar-refractivity contribution in [1.82, 2.24) is 29.6 Å². The van der Waals surface area contributed by atoms with Crippen LogP contribution in [0.1, 0.15) is 53.8 Å². The maximum absolute atomic E-state index is 12.6. The van der Waals surface area contributed by atoms with Crippen LogP contribution in [0.15, 0.2) is 43.1 Å². The molecule has 44 heavy (non-hydrogen) atoms. The van der Waals surface area contributed by atoms with Gasteiger partial charge in [0.1, 0.15) is 6.33 Å². The van der Waals surface area contributed by atoms with Gasteiger partial charge < -0.3 is 20.6 Å². The maximum Gasteiger partial charge on any atom is 0.490 e. The predicted octanol–water partition coefficient (Wildman–Crippen LogP) is 3.27. The number of halogens is 6. The smallest absolute Gasteiger partial charge is 0.475 e. The van der Waals surface area contributed by atoms with Gasteiger partial charge in [-0.2, -0.15) is 26.3 Å². The quantitative estimate of drug-likeness (QED) is 0.282. The molecule has 3 aromatic rings. The van der Waals surface area contributed by atoms with E-state index in [1.165, 1.54) is 5.56 Å². The minimum atomic E-state index is -5.08. The Morgan fingerprint density at radius 1 is 1.00 bits per heavy atom. The average molecular weight is 637 g/mol. The van der Waals surface area contributed by atoms with Gasteiger partial charge in [-0.25, -0.2) is 19.6 Å². The second kappa shape index (κ2) is 15.9. The summed E-state index contributed by atoms with van der Waals surface area (Å²) < 4.78 is 65.4. The lowest BCUT2D eigenvalue weighted by Crippen LogP contribution is -2.37. The minimum Gasteiger partial charge on any atom is -0.475 e. The normalized spacial score (nSPS) is 14.9. The number of imidazole rings is 1. The number of carboxylic acid groups (broad SMARTS) is 2. The molecule has 1 amide bonds. The van der Waals surface area contributed by atoms with Crippen LogP contribution in [0.25, 0.3) is 5.65 Å². The number of amides is 1. The van der Waals surface area contributed by atoms with Gasteiger partial charge in [-0.15, -0.1) is 0 Å². The first-order valence-corrected chi connectivity index (χ1v) is 13.0. The number of aliphatic hydroxyl groups excluding tert-OH is 1. The van der Waals surface area contributed by atoms with E-state index < -0.39 is 24.3 Å². The molecule has 12 nitrogen and oxygen atoms in total. The number of aliphatic hydroxyl groups is 1. The maximum atomic E-state index is 12.6. The van der Waals surface area contributed by atoms with Crippen molar-refractivity contribution in [3.63, 3.8) is 0 Å². The van der Waals surface area contributed by atoms with Gasteiger partial charge in [0, 0.05) is 36.7 Å². The summed E-state index contributed by atoms with van der Waals surface area (Å²) in [6.07, 6.45) is -0.247. The molecule has 4 N–H and O–H groups in total. The molecule has 4 heterocycles. The molecule has 0 saturated carbocycles. The van der Waals surface area contributed by atoms with Gasteiger partial charge in [0.15, 0.2) is 11.3 Å². The fourth-order valence-electron chi connectivity index (χ4n) is 4.08. The van der Waals surface area contributed by atoms with Crippen molar-refractivity contribution in [1.29, 1.82) is 0 Å². The van der Waals surface area contributed by atoms with Crippen LogP contribution < -0.4 is 5.32 Å². The predicted molar refractivity (Wildman–Crippen MR) is 140 cm³/mol. The molecule has 0 spiro atoms. The molecule has 1 saturated heterocycles. The van der Waals surface area contributed by atoms with E-state index in [1.54, 1.807) is 18.7 Å². The number of carbonyl (C=O) groups is 3. The molecule has 0 bridgehead atoms. The zero-order valence-corrected chi connectivity index (χ0v) is 23.2. The number of aliphatic carboxylic acids is 2. The van der Waals surface area contributed by atoms with Gasteiger partial charge in [0.2, 0.25) is 0 Å². The topological polar surface area (TPSA) is 170 Å². The van der Waals surface area contributed by atoms with Crippen molar-refractivity contribution in [3.05, 3.63) is 60.1 Å². The van der Waals surface area contributed by atoms with Crippen LogP contribution >= 0.6 is 0 Å². The Morgan fingerprint density at radius 2 is 1.59 bits per heavy atom. The number of aromatic nitrogens is 4. The molecule has 18 heteroatoms. The molecule has 1 atom stereocenters. The van der Waals surface area contributed by atoms with E-state index in [1.807, 2.05) is 29.7 Å². The third-order valence-electron chi connectivity index (χ3n) is 6.35. The molecule has 0 aliphatic carbocycles. The average Bonchev–Trinajstić information content (AvgIpc) is 3.41. The Bertz CT molecular complexity index is 1350. The van der Waals surface area contributed by atoms with Crippen LogP contribution in [0.5, 0.6) is 0 Å². The summed E-state index contributed by atoms with van der Waals surface area (Å²) in [6, 6.07) is 5.84. The van der Waals surface area contributed by atoms with Crippen molar-refractivity contribution in [2.75, 3.05) is 19.7 Å². The van der Waals surface area contributed by atoms with Gasteiger partial charge >= 0.3 is 24.3 Å². The van der Waals surface area contributed by atoms with E-state index in [-0.39, 0.29) is 18.6 Å². The number of hydrogen-bond acceptors (Lipinski definition) is 8. The molecule has 0 aromatic carbocycles. The summed E-state index contributed by atoms with van der Waals surface area (Å²) in [7, 11) is 0. The van der Waals surface area contributed by atoms with Crippen molar-refractivity contribution >= 4 is 23.5 Å². The Balaban J connectivity index is 0.000000402. The number of rotatable bonds is 7. The third-order valence-corrected chi connectivity index (χ3v) is 6.35. The second-order valence-corrected chi connectivity index (χ2v) is 9.44. The van der Waals surface area contributed by atoms with E-state index in [4.69, 9.17) is 19.8 Å². The number of nitrogens with one attached hydrogen (secondary N) is 1. The fraction of sp³-hybridized carbons (Fsp3) is 0.462. The SMILES string of the molecule is CCC(CO)NC(=O)c1ncn2c(C3CCN(Cc4cccnc4)CC3)ccnc12.O=C(O)C(F)(F)F.O=C(O)C(F)(F)F. The van der Waals surface area contributed by atoms with E-state index in [2.05, 4.69) is 31.2 Å². The summed E-state index contributed by atoms with van der Waals surface area (Å²) in [6.45, 7) is 4.78. The molecule has 3 aromatic heterocycles. The zero-order chi connectivity index (χ0) is 33.1. The van der Waals surface area contributed by atoms with Crippen molar-refractivity contribution in [3.8, 4) is 0 Å². The van der Waals surface area contributed by atoms with Crippen LogP contribution in [0.3, 0.4) is 0 Å². The molecule has 1 aliphatic heterocycles. The fourth-order valence-corrected chi connectivity index (χ4v) is 4.08. The molecule has 242 valence electrons. The third kappa shape index (κ3) is 10.7. The van der Waals surface area contributed by atoms with Crippen molar-refractivity contribution in [2.45, 2.75) is 57.0 Å². The first kappa shape index (κ1) is 35.9. The Morgan fingerprint density at radius 3 is 2.07 bits per heavy atom. The number of pyridine rings is 1. The number of nitrogens with zero attached hydrogens (tertiary/aromatic N) is 5. The zero-order valence-electron chi connectivity index (χ0n) is 23.2. The number of carboxylic acids is 2. The summed E-state index contributed by atoms with van der Waals surface area (Å²) in [5.74, 6) is -5.42. The number of piperidine rings is 1. The Hall–Kier alpha value is -4.32. The van der Waals surface area contributed by atoms with Crippen LogP contribution in [-0.4, -0.2) is 95.5 Å². The summed E-state index contributed by atoms with van der Waals surface area (Å²) in [5, 5.41) is 26.4. The number of likely N-dealkylation sites (tertiary alicyclic amines) is 1. The minimum absolute atomic E-state index is 0.0929. The van der Waals surface area contributed by atoms with Gasteiger partial charge in [-0.3, -0.25) is 19.1 Å². The highest BCUT2D eigenvalue weighted by Gasteiger charge is 2.39. The number of alkyl halides is 6. The Labute approximate surface area is 246 Å². The monoisotopic (exact) mass is 636 g/mol. The van der Waals surface area contributed by atoms with Crippen LogP contribution in [-0.2, 0) is 16.1 Å². The standard InChI is InChI=1S/C22H28N6O2.2C2HF3O2/c1-2-18(14-29)26-22(30)20-21-24-9-5-19(28(21)15-25-20)17-6-10-27(11-7-17)13-16-4-3-8-23-12-16;2*3-2(4,5)1(6)7/h3-5,8-9,12,15,17-18,29H,2,6-7,10-11,13-14H2,1H3,(H,26,30);2*(H,6,7). The molecular formula is C26H30F6N6O6. The highest BCUT2D eigenvalue weighted by molar-refractivity contribution is 5.98. The van der Waals surface area contributed by atoms with E-state index >= 15 is 0 Å². The largest absolute Gasteiger partial charge is 0.490 e. The highest BCUT2D eigenvalue weighted by Crippen LogP contribution is 2.29. The molecule has 1 fully saturated rings. The lowest BCUT2D eigenvalue weighted by Gasteiger charge is -2.32. The number of fused-ring (bicyclic) bond motifs is 1. The molecule has 0 radical (unpaired) electrons. The van der Waals surface area contributed by atoms with Gasteiger partial charge in [0.25, 0.3) is 5.91 Å². The number of hydrogen-bond donors (Lipinski definition) is 4. The second-order valence-electron chi connectivity index (χ2n) is 9.44. The van der Waals surface area contributed by atoms with Crippen LogP contribution in [0.2, 0.25) is 0 Å². The van der Waals surface area contributed by atoms with Crippen molar-refractivity contribution < 1.29 is 56.0 Å². The Kier molecular flexibility index (Phi) is 13.0. The van der Waals surface area contributed by atoms with E-state index in [9.17, 15) is 36.2 Å². The lowest BCUT2D eigenvalue weighted by atomic mass is 9.93. The first-order valence-electron chi connectivity index (χ1n) is 13.0. The van der Waals surface area contributed by atoms with E-state index in [0.29, 0.717) is 23.7 Å². The summed E-state index contributed by atoms with van der Waals surface area (Å²) in [4.78, 5) is 45.8. The highest BCUT2D eigenvalue weighted by atomic mass is 19.4. The molecule has 1 aliphatic rings. The summed E-state index contributed by atoms with van der Waals surface area (Å²) >= 11 is 0. The first-order chi connectivity index (χ1) is 20.6.